The largest absolute Gasteiger partial charge is 0.493 e. The third-order valence-electron chi connectivity index (χ3n) is 4.52. The van der Waals surface area contributed by atoms with Crippen molar-refractivity contribution in [3.8, 4) is 17.2 Å². The van der Waals surface area contributed by atoms with Crippen molar-refractivity contribution in [1.82, 2.24) is 0 Å². The molecule has 0 spiro atoms. The summed E-state index contributed by atoms with van der Waals surface area (Å²) in [5.74, 6) is 2.04. The summed E-state index contributed by atoms with van der Waals surface area (Å²) in [5.41, 5.74) is 2.77. The maximum Gasteiger partial charge on any atom is 0.203 e. The van der Waals surface area contributed by atoms with Crippen molar-refractivity contribution in [2.24, 2.45) is 0 Å². The molecule has 0 aliphatic heterocycles. The van der Waals surface area contributed by atoms with Gasteiger partial charge in [0.2, 0.25) is 5.75 Å². The molecule has 0 saturated heterocycles. The molecule has 0 unspecified atom stereocenters. The van der Waals surface area contributed by atoms with Crippen LogP contribution >= 0.6 is 11.6 Å². The maximum absolute atomic E-state index is 12.6. The number of methoxy groups -OCH3 is 3. The van der Waals surface area contributed by atoms with Crippen LogP contribution in [0.1, 0.15) is 22.5 Å². The van der Waals surface area contributed by atoms with Gasteiger partial charge in [-0.3, -0.25) is 4.79 Å². The van der Waals surface area contributed by atoms with Crippen molar-refractivity contribution in [1.29, 1.82) is 0 Å². The number of ether oxygens (including phenoxy) is 3. The summed E-state index contributed by atoms with van der Waals surface area (Å²) in [6, 6.07) is 6.86. The van der Waals surface area contributed by atoms with Crippen LogP contribution in [0.5, 0.6) is 17.2 Å². The van der Waals surface area contributed by atoms with Crippen molar-refractivity contribution in [2.75, 3.05) is 21.3 Å². The standard InChI is InChI=1S/C22H21ClO5/c1-12-8-17-20(13(2)21(12)23)16(24)11-15(28-17)7-6-14-9-18(25-3)22(27-5)19(10-14)26-4/h6-11H,1-5H3/b7-6+. The van der Waals surface area contributed by atoms with Gasteiger partial charge in [-0.2, -0.15) is 0 Å². The molecule has 1 heterocycles. The van der Waals surface area contributed by atoms with Gasteiger partial charge < -0.3 is 18.6 Å². The highest BCUT2D eigenvalue weighted by Crippen LogP contribution is 2.38. The number of benzene rings is 2. The van der Waals surface area contributed by atoms with E-state index in [1.165, 1.54) is 6.07 Å². The highest BCUT2D eigenvalue weighted by atomic mass is 35.5. The quantitative estimate of drug-likeness (QED) is 0.584. The van der Waals surface area contributed by atoms with Gasteiger partial charge in [0.25, 0.3) is 0 Å². The van der Waals surface area contributed by atoms with E-state index in [0.29, 0.717) is 39.0 Å². The van der Waals surface area contributed by atoms with Crippen molar-refractivity contribution in [3.05, 3.63) is 62.0 Å². The molecule has 6 heteroatoms. The molecule has 0 aliphatic carbocycles. The van der Waals surface area contributed by atoms with Gasteiger partial charge >= 0.3 is 0 Å². The van der Waals surface area contributed by atoms with Crippen LogP contribution in [-0.2, 0) is 0 Å². The monoisotopic (exact) mass is 400 g/mol. The first-order valence-corrected chi connectivity index (χ1v) is 8.99. The van der Waals surface area contributed by atoms with E-state index in [-0.39, 0.29) is 5.43 Å². The molecule has 0 amide bonds. The molecule has 5 nitrogen and oxygen atoms in total. The summed E-state index contributed by atoms with van der Waals surface area (Å²) in [6.45, 7) is 3.70. The molecule has 0 saturated carbocycles. The minimum absolute atomic E-state index is 0.134. The number of halogens is 1. The maximum atomic E-state index is 12.6. The lowest BCUT2D eigenvalue weighted by Crippen LogP contribution is -2.03. The molecule has 0 bridgehead atoms. The predicted molar refractivity (Wildman–Crippen MR) is 112 cm³/mol. The van der Waals surface area contributed by atoms with Gasteiger partial charge in [-0.1, -0.05) is 17.7 Å². The van der Waals surface area contributed by atoms with Gasteiger partial charge in [0.1, 0.15) is 11.3 Å². The fourth-order valence-electron chi connectivity index (χ4n) is 3.13. The first-order chi connectivity index (χ1) is 13.4. The zero-order chi connectivity index (χ0) is 20.4. The third kappa shape index (κ3) is 3.58. The van der Waals surface area contributed by atoms with Crippen molar-refractivity contribution in [2.45, 2.75) is 13.8 Å². The van der Waals surface area contributed by atoms with Crippen molar-refractivity contribution in [3.63, 3.8) is 0 Å². The Kier molecular flexibility index (Phi) is 5.66. The average Bonchev–Trinajstić information content (AvgIpc) is 2.69. The van der Waals surface area contributed by atoms with E-state index in [2.05, 4.69) is 0 Å². The Bertz CT molecular complexity index is 1100. The normalized spacial score (nSPS) is 11.2. The lowest BCUT2D eigenvalue weighted by Gasteiger charge is -2.12. The van der Waals surface area contributed by atoms with Crippen molar-refractivity contribution >= 4 is 34.7 Å². The summed E-state index contributed by atoms with van der Waals surface area (Å²) in [5, 5.41) is 1.08. The van der Waals surface area contributed by atoms with Crippen LogP contribution in [-0.4, -0.2) is 21.3 Å². The summed E-state index contributed by atoms with van der Waals surface area (Å²) in [7, 11) is 4.67. The molecule has 0 N–H and O–H groups in total. The minimum atomic E-state index is -0.134. The second kappa shape index (κ2) is 7.98. The highest BCUT2D eigenvalue weighted by Gasteiger charge is 2.13. The number of hydrogen-bond donors (Lipinski definition) is 0. The fraction of sp³-hybridized carbons (Fsp3) is 0.227. The van der Waals surface area contributed by atoms with Crippen LogP contribution in [0, 0.1) is 13.8 Å². The van der Waals surface area contributed by atoms with E-state index in [4.69, 9.17) is 30.2 Å². The zero-order valence-corrected chi connectivity index (χ0v) is 17.1. The topological polar surface area (TPSA) is 57.9 Å². The van der Waals surface area contributed by atoms with Gasteiger partial charge in [0.15, 0.2) is 16.9 Å². The molecule has 146 valence electrons. The van der Waals surface area contributed by atoms with Gasteiger partial charge in [0, 0.05) is 11.1 Å². The molecule has 1 aromatic heterocycles. The number of rotatable bonds is 5. The molecule has 3 aromatic rings. The van der Waals surface area contributed by atoms with E-state index in [1.54, 1.807) is 33.5 Å². The lowest BCUT2D eigenvalue weighted by molar-refractivity contribution is 0.324. The summed E-state index contributed by atoms with van der Waals surface area (Å²) < 4.78 is 22.0. The van der Waals surface area contributed by atoms with E-state index in [0.717, 1.165) is 16.7 Å². The number of hydrogen-bond acceptors (Lipinski definition) is 5. The molecule has 2 aromatic carbocycles. The first kappa shape index (κ1) is 19.8. The second-order valence-corrected chi connectivity index (χ2v) is 6.69. The van der Waals surface area contributed by atoms with E-state index >= 15 is 0 Å². The van der Waals surface area contributed by atoms with E-state index in [1.807, 2.05) is 32.1 Å². The van der Waals surface area contributed by atoms with Crippen LogP contribution in [0.2, 0.25) is 5.02 Å². The average molecular weight is 401 g/mol. The molecule has 3 rings (SSSR count). The lowest BCUT2D eigenvalue weighted by atomic mass is 10.1. The third-order valence-corrected chi connectivity index (χ3v) is 5.10. The van der Waals surface area contributed by atoms with Crippen LogP contribution in [0.15, 0.2) is 33.5 Å². The fourth-order valence-corrected chi connectivity index (χ4v) is 3.27. The van der Waals surface area contributed by atoms with Crippen LogP contribution in [0.25, 0.3) is 23.1 Å². The molecule has 0 fully saturated rings. The Morgan fingerprint density at radius 2 is 1.57 bits per heavy atom. The summed E-state index contributed by atoms with van der Waals surface area (Å²) in [4.78, 5) is 12.6. The molecule has 0 aliphatic rings. The smallest absolute Gasteiger partial charge is 0.203 e. The van der Waals surface area contributed by atoms with Crippen LogP contribution < -0.4 is 19.6 Å². The van der Waals surface area contributed by atoms with Gasteiger partial charge in [-0.25, -0.2) is 0 Å². The Morgan fingerprint density at radius 3 is 2.14 bits per heavy atom. The van der Waals surface area contributed by atoms with Gasteiger partial charge in [0.05, 0.1) is 26.7 Å². The second-order valence-electron chi connectivity index (χ2n) is 6.31. The molecular formula is C22H21ClO5. The molecule has 0 radical (unpaired) electrons. The summed E-state index contributed by atoms with van der Waals surface area (Å²) >= 11 is 6.26. The SMILES string of the molecule is COc1cc(/C=C/c2cc(=O)c3c(C)c(Cl)c(C)cc3o2)cc(OC)c1OC. The van der Waals surface area contributed by atoms with E-state index < -0.39 is 0 Å². The van der Waals surface area contributed by atoms with Gasteiger partial charge in [-0.15, -0.1) is 0 Å². The Labute approximate surface area is 168 Å². The molecule has 0 atom stereocenters. The highest BCUT2D eigenvalue weighted by molar-refractivity contribution is 6.33. The van der Waals surface area contributed by atoms with Crippen LogP contribution in [0.4, 0.5) is 0 Å². The van der Waals surface area contributed by atoms with E-state index in [9.17, 15) is 4.79 Å². The molecular weight excluding hydrogens is 380 g/mol. The minimum Gasteiger partial charge on any atom is -0.493 e. The van der Waals surface area contributed by atoms with Gasteiger partial charge in [-0.05, 0) is 54.8 Å². The first-order valence-electron chi connectivity index (χ1n) is 8.61. The van der Waals surface area contributed by atoms with Crippen molar-refractivity contribution < 1.29 is 18.6 Å². The Morgan fingerprint density at radius 1 is 0.929 bits per heavy atom. The Balaban J connectivity index is 2.07. The van der Waals surface area contributed by atoms with Crippen LogP contribution in [0.3, 0.4) is 0 Å². The number of aryl methyl sites for hydroxylation is 2. The molecule has 28 heavy (non-hydrogen) atoms. The zero-order valence-electron chi connectivity index (χ0n) is 16.4. The summed E-state index contributed by atoms with van der Waals surface area (Å²) in [6.07, 6.45) is 3.53. The number of fused-ring (bicyclic) bond motifs is 1. The Hall–Kier alpha value is -2.92. The predicted octanol–water partition coefficient (Wildman–Crippen LogP) is 5.26.